The van der Waals surface area contributed by atoms with Crippen molar-refractivity contribution in [2.45, 2.75) is 51.4 Å². The molecule has 0 unspecified atom stereocenters. The van der Waals surface area contributed by atoms with Crippen molar-refractivity contribution in [3.05, 3.63) is 0 Å². The van der Waals surface area contributed by atoms with E-state index < -0.39 is 0 Å². The Morgan fingerprint density at radius 2 is 1.71 bits per heavy atom. The number of rotatable bonds is 4. The van der Waals surface area contributed by atoms with E-state index >= 15 is 0 Å². The summed E-state index contributed by atoms with van der Waals surface area (Å²) >= 11 is 0. The third kappa shape index (κ3) is 4.94. The highest BCUT2D eigenvalue weighted by Gasteiger charge is 2.43. The number of piperazine rings is 1. The van der Waals surface area contributed by atoms with E-state index in [1.165, 1.54) is 45.1 Å². The van der Waals surface area contributed by atoms with Crippen LogP contribution in [-0.2, 0) is 4.79 Å². The summed E-state index contributed by atoms with van der Waals surface area (Å²) in [6, 6.07) is 0. The van der Waals surface area contributed by atoms with Crippen molar-refractivity contribution in [1.29, 1.82) is 0 Å². The van der Waals surface area contributed by atoms with Crippen molar-refractivity contribution >= 4 is 35.8 Å². The van der Waals surface area contributed by atoms with Gasteiger partial charge in [-0.15, -0.1) is 24.0 Å². The van der Waals surface area contributed by atoms with Crippen LogP contribution in [0.5, 0.6) is 0 Å². The molecular weight excluding hydrogens is 465 g/mol. The number of nitrogens with one attached hydrogen (secondary N) is 1. The summed E-state index contributed by atoms with van der Waals surface area (Å²) in [5, 5.41) is 3.58. The average Bonchev–Trinajstić information content (AvgIpc) is 3.35. The molecule has 2 saturated carbocycles. The first-order valence-corrected chi connectivity index (χ1v) is 11.2. The Labute approximate surface area is 187 Å². The number of carbonyl (C=O) groups excluding carboxylic acids is 1. The lowest BCUT2D eigenvalue weighted by Gasteiger charge is -2.38. The second-order valence-corrected chi connectivity index (χ2v) is 9.15. The fourth-order valence-electron chi connectivity index (χ4n) is 5.48. The normalized spacial score (nSPS) is 25.7. The Morgan fingerprint density at radius 3 is 2.29 bits per heavy atom. The Kier molecular flexibility index (Phi) is 7.87. The van der Waals surface area contributed by atoms with Gasteiger partial charge in [0.25, 0.3) is 0 Å². The molecule has 1 N–H and O–H groups in total. The maximum absolute atomic E-state index is 12.6. The maximum atomic E-state index is 12.6. The van der Waals surface area contributed by atoms with Crippen LogP contribution in [-0.4, -0.2) is 86.0 Å². The minimum Gasteiger partial charge on any atom is -0.355 e. The van der Waals surface area contributed by atoms with Gasteiger partial charge in [0.05, 0.1) is 0 Å². The molecule has 4 rings (SSSR count). The number of halogens is 1. The van der Waals surface area contributed by atoms with Crippen LogP contribution < -0.4 is 5.32 Å². The highest BCUT2D eigenvalue weighted by atomic mass is 127. The molecule has 2 aliphatic carbocycles. The van der Waals surface area contributed by atoms with E-state index in [4.69, 9.17) is 0 Å². The van der Waals surface area contributed by atoms with Gasteiger partial charge in [0.15, 0.2) is 5.96 Å². The molecule has 2 saturated heterocycles. The number of likely N-dealkylation sites (tertiary alicyclic amines) is 1. The van der Waals surface area contributed by atoms with Gasteiger partial charge in [-0.05, 0) is 37.5 Å². The predicted octanol–water partition coefficient (Wildman–Crippen LogP) is 2.39. The van der Waals surface area contributed by atoms with Gasteiger partial charge in [-0.2, -0.15) is 0 Å². The molecule has 2 heterocycles. The monoisotopic (exact) mass is 503 g/mol. The summed E-state index contributed by atoms with van der Waals surface area (Å²) in [7, 11) is 1.90. The fourth-order valence-corrected chi connectivity index (χ4v) is 5.48. The first kappa shape index (κ1) is 22.1. The molecule has 2 aliphatic heterocycles. The number of nitrogens with zero attached hydrogens (tertiary/aromatic N) is 4. The van der Waals surface area contributed by atoms with Crippen molar-refractivity contribution in [2.75, 3.05) is 59.4 Å². The molecule has 0 aromatic carbocycles. The lowest BCUT2D eigenvalue weighted by molar-refractivity contribution is -0.137. The van der Waals surface area contributed by atoms with Gasteiger partial charge in [0, 0.05) is 65.3 Å². The van der Waals surface area contributed by atoms with Gasteiger partial charge in [0.2, 0.25) is 5.91 Å². The van der Waals surface area contributed by atoms with Crippen molar-refractivity contribution in [3.8, 4) is 0 Å². The molecule has 0 aromatic rings. The molecule has 0 radical (unpaired) electrons. The molecule has 1 spiro atoms. The van der Waals surface area contributed by atoms with E-state index in [1.807, 2.05) is 7.05 Å². The minimum atomic E-state index is 0. The van der Waals surface area contributed by atoms with E-state index in [-0.39, 0.29) is 24.0 Å². The van der Waals surface area contributed by atoms with Crippen LogP contribution in [0.2, 0.25) is 0 Å². The van der Waals surface area contributed by atoms with Crippen molar-refractivity contribution in [2.24, 2.45) is 16.3 Å². The van der Waals surface area contributed by atoms with Crippen LogP contribution in [0.1, 0.15) is 51.4 Å². The van der Waals surface area contributed by atoms with Gasteiger partial charge in [0.1, 0.15) is 0 Å². The van der Waals surface area contributed by atoms with Gasteiger partial charge in [-0.25, -0.2) is 0 Å². The van der Waals surface area contributed by atoms with E-state index in [9.17, 15) is 4.79 Å². The highest BCUT2D eigenvalue weighted by molar-refractivity contribution is 14.0. The molecule has 1 amide bonds. The Balaban J connectivity index is 0.00000225. The van der Waals surface area contributed by atoms with Crippen LogP contribution in [0.15, 0.2) is 4.99 Å². The SMILES string of the molecule is CN=C(NCCN1CCN(C(=O)C2CCCC2)CC1)N1CCC2(CCC2)C1.I. The molecular formula is C21H38IN5O. The summed E-state index contributed by atoms with van der Waals surface area (Å²) < 4.78 is 0. The Morgan fingerprint density at radius 1 is 1.00 bits per heavy atom. The minimum absolute atomic E-state index is 0. The van der Waals surface area contributed by atoms with Crippen molar-refractivity contribution in [1.82, 2.24) is 20.0 Å². The van der Waals surface area contributed by atoms with Gasteiger partial charge < -0.3 is 15.1 Å². The summed E-state index contributed by atoms with van der Waals surface area (Å²) in [5.41, 5.74) is 0.611. The Bertz CT molecular complexity index is 551. The smallest absolute Gasteiger partial charge is 0.225 e. The van der Waals surface area contributed by atoms with Crippen LogP contribution in [0.4, 0.5) is 0 Å². The molecule has 4 aliphatic rings. The topological polar surface area (TPSA) is 51.2 Å². The van der Waals surface area contributed by atoms with Crippen LogP contribution in [0, 0.1) is 11.3 Å². The lowest BCUT2D eigenvalue weighted by Crippen LogP contribution is -2.52. The summed E-state index contributed by atoms with van der Waals surface area (Å²) in [5.74, 6) is 1.82. The standard InChI is InChI=1S/C21H37N5O.HI/c1-22-20(26-11-9-21(17-26)7-4-8-21)23-10-12-24-13-15-25(16-14-24)19(27)18-5-2-3-6-18;/h18H,2-17H2,1H3,(H,22,23);1H. The molecule has 0 bridgehead atoms. The first-order valence-electron chi connectivity index (χ1n) is 11.2. The highest BCUT2D eigenvalue weighted by Crippen LogP contribution is 2.47. The molecule has 6 nitrogen and oxygen atoms in total. The third-order valence-corrected chi connectivity index (χ3v) is 7.46. The van der Waals surface area contributed by atoms with Gasteiger partial charge in [-0.1, -0.05) is 19.3 Å². The number of amides is 1. The van der Waals surface area contributed by atoms with E-state index in [1.54, 1.807) is 0 Å². The second kappa shape index (κ2) is 9.96. The molecule has 28 heavy (non-hydrogen) atoms. The zero-order valence-corrected chi connectivity index (χ0v) is 19.8. The quantitative estimate of drug-likeness (QED) is 0.364. The molecule has 4 fully saturated rings. The van der Waals surface area contributed by atoms with Crippen molar-refractivity contribution < 1.29 is 4.79 Å². The van der Waals surface area contributed by atoms with Crippen LogP contribution in [0.25, 0.3) is 0 Å². The number of hydrogen-bond donors (Lipinski definition) is 1. The summed E-state index contributed by atoms with van der Waals surface area (Å²) in [6.45, 7) is 8.13. The first-order chi connectivity index (χ1) is 13.2. The van der Waals surface area contributed by atoms with Gasteiger partial charge in [-0.3, -0.25) is 14.7 Å². The second-order valence-electron chi connectivity index (χ2n) is 9.15. The van der Waals surface area contributed by atoms with Crippen LogP contribution >= 0.6 is 24.0 Å². The maximum Gasteiger partial charge on any atom is 0.225 e. The summed E-state index contributed by atoms with van der Waals surface area (Å²) in [4.78, 5) is 24.1. The van der Waals surface area contributed by atoms with Gasteiger partial charge >= 0.3 is 0 Å². The van der Waals surface area contributed by atoms with E-state index in [2.05, 4.69) is 25.0 Å². The largest absolute Gasteiger partial charge is 0.355 e. The molecule has 0 aromatic heterocycles. The predicted molar refractivity (Wildman–Crippen MR) is 124 cm³/mol. The molecule has 0 atom stereocenters. The van der Waals surface area contributed by atoms with E-state index in [0.29, 0.717) is 17.2 Å². The number of aliphatic imine (C=N–C) groups is 1. The zero-order valence-electron chi connectivity index (χ0n) is 17.5. The summed E-state index contributed by atoms with van der Waals surface area (Å²) in [6.07, 6.45) is 10.3. The third-order valence-electron chi connectivity index (χ3n) is 7.46. The average molecular weight is 503 g/mol. The lowest BCUT2D eigenvalue weighted by atomic mass is 9.68. The molecule has 7 heteroatoms. The molecule has 160 valence electrons. The zero-order chi connectivity index (χ0) is 18.7. The number of guanidine groups is 1. The number of hydrogen-bond acceptors (Lipinski definition) is 3. The Hall–Kier alpha value is -0.570. The number of carbonyl (C=O) groups is 1. The van der Waals surface area contributed by atoms with E-state index in [0.717, 1.165) is 64.6 Å². The van der Waals surface area contributed by atoms with Crippen molar-refractivity contribution in [3.63, 3.8) is 0 Å². The fraction of sp³-hybridized carbons (Fsp3) is 0.905. The van der Waals surface area contributed by atoms with Crippen LogP contribution in [0.3, 0.4) is 0 Å².